The number of aromatic carboxylic acids is 1. The van der Waals surface area contributed by atoms with Crippen LogP contribution in [0.5, 0.6) is 5.75 Å². The van der Waals surface area contributed by atoms with Gasteiger partial charge in [-0.15, -0.1) is 0 Å². The number of nitrogens with one attached hydrogen (secondary N) is 2. The van der Waals surface area contributed by atoms with Gasteiger partial charge >= 0.3 is 5.97 Å². The van der Waals surface area contributed by atoms with E-state index in [9.17, 15) is 19.1 Å². The van der Waals surface area contributed by atoms with Crippen LogP contribution in [0, 0.1) is 5.82 Å². The number of aromatic amines is 2. The number of fused-ring (bicyclic) bond motifs is 2. The first-order valence-electron chi connectivity index (χ1n) is 11.4. The van der Waals surface area contributed by atoms with E-state index in [-0.39, 0.29) is 18.2 Å². The standard InChI is InChI=1S/C27H25FN4O4/c1-13(2)23-24(18-10-15(36-3)11-21-17(18)5-7-32(21)12-22(29)33)26(27(34)35)31-25(23)19-8-14(28)9-20-16(19)4-6-30-20/h4-11,13,30-31H,12H2,1-3H3,(H2,29,33)(H,34,35). The lowest BCUT2D eigenvalue weighted by Crippen LogP contribution is -2.17. The Bertz CT molecular complexity index is 1660. The molecule has 3 aromatic heterocycles. The number of methoxy groups -OCH3 is 1. The lowest BCUT2D eigenvalue weighted by atomic mass is 9.89. The van der Waals surface area contributed by atoms with Crippen LogP contribution in [-0.4, -0.2) is 38.6 Å². The van der Waals surface area contributed by atoms with Gasteiger partial charge in [0, 0.05) is 45.9 Å². The Morgan fingerprint density at radius 3 is 2.58 bits per heavy atom. The number of H-pyrrole nitrogens is 2. The molecule has 36 heavy (non-hydrogen) atoms. The molecule has 0 bridgehead atoms. The second-order valence-electron chi connectivity index (χ2n) is 9.03. The monoisotopic (exact) mass is 488 g/mol. The zero-order valence-corrected chi connectivity index (χ0v) is 20.0. The van der Waals surface area contributed by atoms with E-state index in [0.29, 0.717) is 39.2 Å². The maximum atomic E-state index is 14.6. The number of primary amides is 1. The SMILES string of the molecule is COc1cc(-c2c(C(=O)O)[nH]c(-c3cc(F)cc4[nH]ccc34)c2C(C)C)c2ccn(CC(N)=O)c2c1. The van der Waals surface area contributed by atoms with Gasteiger partial charge in [0.05, 0.1) is 18.3 Å². The van der Waals surface area contributed by atoms with Crippen LogP contribution >= 0.6 is 0 Å². The van der Waals surface area contributed by atoms with Crippen LogP contribution in [0.25, 0.3) is 44.2 Å². The van der Waals surface area contributed by atoms with E-state index in [1.165, 1.54) is 19.2 Å². The predicted octanol–water partition coefficient (Wildman–Crippen LogP) is 5.24. The molecule has 0 aliphatic heterocycles. The number of benzene rings is 2. The summed E-state index contributed by atoms with van der Waals surface area (Å²) in [6.45, 7) is 3.89. The Morgan fingerprint density at radius 2 is 1.92 bits per heavy atom. The quantitative estimate of drug-likeness (QED) is 0.250. The fourth-order valence-corrected chi connectivity index (χ4v) is 4.98. The van der Waals surface area contributed by atoms with Crippen molar-refractivity contribution in [3.05, 3.63) is 65.9 Å². The maximum Gasteiger partial charge on any atom is 0.352 e. The van der Waals surface area contributed by atoms with Gasteiger partial charge in [-0.05, 0) is 47.4 Å². The van der Waals surface area contributed by atoms with Crippen molar-refractivity contribution in [2.45, 2.75) is 26.3 Å². The van der Waals surface area contributed by atoms with Crippen molar-refractivity contribution in [1.82, 2.24) is 14.5 Å². The average Bonchev–Trinajstić information content (AvgIpc) is 3.54. The van der Waals surface area contributed by atoms with Crippen LogP contribution in [0.4, 0.5) is 4.39 Å². The van der Waals surface area contributed by atoms with Gasteiger partial charge in [0.25, 0.3) is 0 Å². The second-order valence-corrected chi connectivity index (χ2v) is 9.03. The van der Waals surface area contributed by atoms with Gasteiger partial charge in [-0.3, -0.25) is 4.79 Å². The van der Waals surface area contributed by atoms with Crippen molar-refractivity contribution in [1.29, 1.82) is 0 Å². The minimum absolute atomic E-state index is 0.0150. The first kappa shape index (κ1) is 23.2. The van der Waals surface area contributed by atoms with Crippen molar-refractivity contribution >= 4 is 33.7 Å². The molecule has 2 aromatic carbocycles. The van der Waals surface area contributed by atoms with Crippen molar-refractivity contribution < 1.29 is 23.8 Å². The van der Waals surface area contributed by atoms with Crippen LogP contribution in [-0.2, 0) is 11.3 Å². The number of nitrogens with two attached hydrogens (primary N) is 1. The van der Waals surface area contributed by atoms with Crippen LogP contribution in [0.3, 0.4) is 0 Å². The van der Waals surface area contributed by atoms with E-state index >= 15 is 0 Å². The van der Waals surface area contributed by atoms with E-state index < -0.39 is 17.7 Å². The third kappa shape index (κ3) is 3.69. The number of hydrogen-bond acceptors (Lipinski definition) is 3. The number of rotatable bonds is 7. The molecule has 0 saturated heterocycles. The number of carboxylic acids is 1. The first-order valence-corrected chi connectivity index (χ1v) is 11.4. The topological polar surface area (TPSA) is 126 Å². The molecular weight excluding hydrogens is 463 g/mol. The fraction of sp³-hybridized carbons (Fsp3) is 0.185. The molecule has 3 heterocycles. The third-order valence-electron chi connectivity index (χ3n) is 6.43. The van der Waals surface area contributed by atoms with Gasteiger partial charge in [0.15, 0.2) is 0 Å². The molecule has 5 aromatic rings. The highest BCUT2D eigenvalue weighted by atomic mass is 19.1. The van der Waals surface area contributed by atoms with Gasteiger partial charge in [-0.25, -0.2) is 9.18 Å². The summed E-state index contributed by atoms with van der Waals surface area (Å²) in [6.07, 6.45) is 3.45. The lowest BCUT2D eigenvalue weighted by molar-refractivity contribution is -0.118. The summed E-state index contributed by atoms with van der Waals surface area (Å²) in [7, 11) is 1.52. The van der Waals surface area contributed by atoms with E-state index in [1.807, 2.05) is 26.0 Å². The number of carbonyl (C=O) groups excluding carboxylic acids is 1. The van der Waals surface area contributed by atoms with Crippen LogP contribution in [0.2, 0.25) is 0 Å². The molecular formula is C27H25FN4O4. The van der Waals surface area contributed by atoms with Gasteiger partial charge in [-0.2, -0.15) is 0 Å². The smallest absolute Gasteiger partial charge is 0.352 e. The van der Waals surface area contributed by atoms with Crippen LogP contribution in [0.15, 0.2) is 48.8 Å². The summed E-state index contributed by atoms with van der Waals surface area (Å²) in [5.41, 5.74) is 9.65. The summed E-state index contributed by atoms with van der Waals surface area (Å²) in [5.74, 6) is -1.71. The number of carbonyl (C=O) groups is 2. The zero-order valence-electron chi connectivity index (χ0n) is 20.0. The molecule has 8 nitrogen and oxygen atoms in total. The Labute approximate surface area is 205 Å². The highest BCUT2D eigenvalue weighted by Gasteiger charge is 2.28. The van der Waals surface area contributed by atoms with Crippen LogP contribution < -0.4 is 10.5 Å². The number of ether oxygens (including phenoxy) is 1. The summed E-state index contributed by atoms with van der Waals surface area (Å²) in [6, 6.07) is 10.0. The van der Waals surface area contributed by atoms with E-state index in [0.717, 1.165) is 16.3 Å². The molecule has 5 rings (SSSR count). The summed E-state index contributed by atoms with van der Waals surface area (Å²) >= 11 is 0. The molecule has 0 atom stereocenters. The van der Waals surface area contributed by atoms with Crippen molar-refractivity contribution in [2.75, 3.05) is 7.11 Å². The van der Waals surface area contributed by atoms with Gasteiger partial charge in [0.1, 0.15) is 23.8 Å². The Balaban J connectivity index is 1.89. The van der Waals surface area contributed by atoms with Gasteiger partial charge in [-0.1, -0.05) is 13.8 Å². The molecule has 0 spiro atoms. The number of halogens is 1. The number of carboxylic acid groups (broad SMARTS) is 1. The summed E-state index contributed by atoms with van der Waals surface area (Å²) in [4.78, 5) is 30.3. The van der Waals surface area contributed by atoms with E-state index in [1.54, 1.807) is 29.1 Å². The highest BCUT2D eigenvalue weighted by molar-refractivity contribution is 6.07. The summed E-state index contributed by atoms with van der Waals surface area (Å²) in [5, 5.41) is 11.7. The van der Waals surface area contributed by atoms with Gasteiger partial charge in [0.2, 0.25) is 5.91 Å². The minimum atomic E-state index is -1.15. The number of aromatic nitrogens is 3. The molecule has 0 aliphatic carbocycles. The molecule has 0 radical (unpaired) electrons. The number of nitrogens with zero attached hydrogens (tertiary/aromatic N) is 1. The molecule has 0 fully saturated rings. The highest BCUT2D eigenvalue weighted by Crippen LogP contribution is 2.45. The molecule has 9 heteroatoms. The minimum Gasteiger partial charge on any atom is -0.497 e. The normalized spacial score (nSPS) is 11.6. The predicted molar refractivity (Wildman–Crippen MR) is 136 cm³/mol. The number of amides is 1. The van der Waals surface area contributed by atoms with E-state index in [4.69, 9.17) is 10.5 Å². The summed E-state index contributed by atoms with van der Waals surface area (Å²) < 4.78 is 21.8. The maximum absolute atomic E-state index is 14.6. The average molecular weight is 489 g/mol. The first-order chi connectivity index (χ1) is 17.2. The van der Waals surface area contributed by atoms with Gasteiger partial charge < -0.3 is 30.1 Å². The molecule has 0 aliphatic rings. The molecule has 1 amide bonds. The number of hydrogen-bond donors (Lipinski definition) is 4. The third-order valence-corrected chi connectivity index (χ3v) is 6.43. The Morgan fingerprint density at radius 1 is 1.14 bits per heavy atom. The Hall–Kier alpha value is -4.53. The molecule has 0 unspecified atom stereocenters. The zero-order chi connectivity index (χ0) is 25.7. The molecule has 0 saturated carbocycles. The van der Waals surface area contributed by atoms with Crippen LogP contribution in [0.1, 0.15) is 35.8 Å². The Kier molecular flexibility index (Phi) is 5.55. The fourth-order valence-electron chi connectivity index (χ4n) is 4.98. The molecule has 5 N–H and O–H groups in total. The van der Waals surface area contributed by atoms with Crippen molar-refractivity contribution in [3.63, 3.8) is 0 Å². The van der Waals surface area contributed by atoms with Crippen molar-refractivity contribution in [2.24, 2.45) is 5.73 Å². The van der Waals surface area contributed by atoms with E-state index in [2.05, 4.69) is 9.97 Å². The second kappa shape index (κ2) is 8.60. The molecule has 184 valence electrons. The largest absolute Gasteiger partial charge is 0.497 e. The lowest BCUT2D eigenvalue weighted by Gasteiger charge is -2.15. The van der Waals surface area contributed by atoms with Crippen molar-refractivity contribution in [3.8, 4) is 28.1 Å².